The van der Waals surface area contributed by atoms with Crippen molar-refractivity contribution in [1.82, 2.24) is 13.8 Å². The zero-order valence-electron chi connectivity index (χ0n) is 21.6. The number of nitrogens with zero attached hydrogens (tertiary/aromatic N) is 5. The van der Waals surface area contributed by atoms with Crippen LogP contribution in [0.15, 0.2) is 59.6 Å². The molecule has 0 saturated carbocycles. The molecule has 0 spiro atoms. The van der Waals surface area contributed by atoms with Crippen molar-refractivity contribution in [3.05, 3.63) is 76.3 Å². The third-order valence-electron chi connectivity index (χ3n) is 7.16. The zero-order valence-corrected chi connectivity index (χ0v) is 23.2. The SMILES string of the molecule is Cc1ccc2c(c1)cc(CN1c3ccccc3N=C(N3CCN(C)CC3)c3cc(C)sc31)n2S(C)(=O)=O. The lowest BCUT2D eigenvalue weighted by atomic mass is 10.2. The number of benzene rings is 2. The predicted octanol–water partition coefficient (Wildman–Crippen LogP) is 5.10. The van der Waals surface area contributed by atoms with E-state index in [1.54, 1.807) is 11.3 Å². The fourth-order valence-corrected chi connectivity index (χ4v) is 7.46. The first kappa shape index (κ1) is 24.2. The van der Waals surface area contributed by atoms with Gasteiger partial charge in [0.15, 0.2) is 0 Å². The van der Waals surface area contributed by atoms with Crippen molar-refractivity contribution >= 4 is 54.5 Å². The lowest BCUT2D eigenvalue weighted by Gasteiger charge is -2.34. The molecule has 1 fully saturated rings. The van der Waals surface area contributed by atoms with Crippen molar-refractivity contribution in [3.63, 3.8) is 0 Å². The van der Waals surface area contributed by atoms with Crippen LogP contribution >= 0.6 is 11.3 Å². The molecule has 7 nitrogen and oxygen atoms in total. The number of amidine groups is 1. The molecule has 0 radical (unpaired) electrons. The normalized spacial score (nSPS) is 16.5. The van der Waals surface area contributed by atoms with Gasteiger partial charge in [0.05, 0.1) is 40.9 Å². The molecule has 37 heavy (non-hydrogen) atoms. The summed E-state index contributed by atoms with van der Waals surface area (Å²) >= 11 is 1.73. The average Bonchev–Trinajstić information content (AvgIpc) is 3.38. The van der Waals surface area contributed by atoms with Crippen LogP contribution in [0.25, 0.3) is 10.9 Å². The van der Waals surface area contributed by atoms with Gasteiger partial charge in [0, 0.05) is 36.4 Å². The quantitative estimate of drug-likeness (QED) is 0.367. The Kier molecular flexibility index (Phi) is 5.89. The molecule has 2 aliphatic heterocycles. The van der Waals surface area contributed by atoms with E-state index < -0.39 is 10.0 Å². The van der Waals surface area contributed by atoms with Crippen LogP contribution in [-0.2, 0) is 16.6 Å². The van der Waals surface area contributed by atoms with Crippen molar-refractivity contribution in [1.29, 1.82) is 0 Å². The van der Waals surface area contributed by atoms with Crippen LogP contribution < -0.4 is 4.90 Å². The Morgan fingerprint density at radius 1 is 0.973 bits per heavy atom. The summed E-state index contributed by atoms with van der Waals surface area (Å²) in [4.78, 5) is 13.4. The molecule has 9 heteroatoms. The molecule has 2 aromatic carbocycles. The monoisotopic (exact) mass is 533 g/mol. The zero-order chi connectivity index (χ0) is 25.9. The molecule has 2 aromatic heterocycles. The predicted molar refractivity (Wildman–Crippen MR) is 154 cm³/mol. The average molecular weight is 534 g/mol. The van der Waals surface area contributed by atoms with E-state index in [1.165, 1.54) is 15.1 Å². The first-order chi connectivity index (χ1) is 17.7. The number of thiophene rings is 1. The minimum Gasteiger partial charge on any atom is -0.353 e. The topological polar surface area (TPSA) is 61.1 Å². The second-order valence-corrected chi connectivity index (χ2v) is 13.2. The van der Waals surface area contributed by atoms with E-state index in [4.69, 9.17) is 4.99 Å². The number of anilines is 2. The Balaban J connectivity index is 1.52. The molecule has 0 atom stereocenters. The van der Waals surface area contributed by atoms with Crippen molar-refractivity contribution in [2.75, 3.05) is 44.4 Å². The maximum atomic E-state index is 13.0. The summed E-state index contributed by atoms with van der Waals surface area (Å²) in [7, 11) is -1.36. The van der Waals surface area contributed by atoms with Crippen molar-refractivity contribution in [2.24, 2.45) is 4.99 Å². The number of aliphatic imine (C=N–C) groups is 1. The number of aromatic nitrogens is 1. The Bertz CT molecular complexity index is 1640. The molecular weight excluding hydrogens is 502 g/mol. The number of piperazine rings is 1. The number of hydrogen-bond donors (Lipinski definition) is 0. The molecule has 192 valence electrons. The summed E-state index contributed by atoms with van der Waals surface area (Å²) in [6, 6.07) is 18.3. The lowest BCUT2D eigenvalue weighted by molar-refractivity contribution is 0.216. The second-order valence-electron chi connectivity index (χ2n) is 10.1. The summed E-state index contributed by atoms with van der Waals surface area (Å²) in [6.07, 6.45) is 1.28. The molecule has 0 unspecified atom stereocenters. The lowest BCUT2D eigenvalue weighted by Crippen LogP contribution is -2.47. The van der Waals surface area contributed by atoms with E-state index >= 15 is 0 Å². The first-order valence-corrected chi connectivity index (χ1v) is 15.2. The molecule has 4 heterocycles. The van der Waals surface area contributed by atoms with Gasteiger partial charge < -0.3 is 14.7 Å². The maximum Gasteiger partial charge on any atom is 0.236 e. The van der Waals surface area contributed by atoms with E-state index in [-0.39, 0.29) is 0 Å². The third kappa shape index (κ3) is 4.35. The number of likely N-dealkylation sites (N-methyl/N-ethyl adjacent to an activating group) is 1. The summed E-state index contributed by atoms with van der Waals surface area (Å²) in [5.74, 6) is 1.00. The minimum atomic E-state index is -3.52. The van der Waals surface area contributed by atoms with E-state index in [1.807, 2.05) is 43.3 Å². The van der Waals surface area contributed by atoms with Crippen molar-refractivity contribution < 1.29 is 8.42 Å². The van der Waals surface area contributed by atoms with Crippen molar-refractivity contribution in [3.8, 4) is 0 Å². The van der Waals surface area contributed by atoms with Crippen molar-refractivity contribution in [2.45, 2.75) is 20.4 Å². The highest BCUT2D eigenvalue weighted by atomic mass is 32.2. The van der Waals surface area contributed by atoms with E-state index in [2.05, 4.69) is 46.9 Å². The number of aryl methyl sites for hydroxylation is 2. The number of hydrogen-bond acceptors (Lipinski definition) is 7. The van der Waals surface area contributed by atoms with Gasteiger partial charge in [-0.05, 0) is 57.3 Å². The van der Waals surface area contributed by atoms with E-state index in [9.17, 15) is 8.42 Å². The van der Waals surface area contributed by atoms with E-state index in [0.717, 1.165) is 70.6 Å². The van der Waals surface area contributed by atoms with E-state index in [0.29, 0.717) is 12.1 Å². The summed E-state index contributed by atoms with van der Waals surface area (Å²) < 4.78 is 27.5. The number of fused-ring (bicyclic) bond motifs is 3. The Labute approximate surface area is 222 Å². The van der Waals surface area contributed by atoms with Gasteiger partial charge >= 0.3 is 0 Å². The molecule has 6 rings (SSSR count). The van der Waals surface area contributed by atoms with Crippen LogP contribution in [0, 0.1) is 13.8 Å². The molecule has 0 amide bonds. The Morgan fingerprint density at radius 2 is 1.73 bits per heavy atom. The second kappa shape index (κ2) is 9.01. The third-order valence-corrected chi connectivity index (χ3v) is 9.33. The van der Waals surface area contributed by atoms with Gasteiger partial charge in [0.25, 0.3) is 0 Å². The number of para-hydroxylation sites is 2. The maximum absolute atomic E-state index is 13.0. The number of rotatable bonds is 3. The molecule has 0 aliphatic carbocycles. The first-order valence-electron chi connectivity index (χ1n) is 12.5. The Morgan fingerprint density at radius 3 is 2.49 bits per heavy atom. The largest absolute Gasteiger partial charge is 0.353 e. The highest BCUT2D eigenvalue weighted by Crippen LogP contribution is 2.45. The minimum absolute atomic E-state index is 0.413. The van der Waals surface area contributed by atoms with Gasteiger partial charge in [-0.15, -0.1) is 11.3 Å². The van der Waals surface area contributed by atoms with Gasteiger partial charge in [0.2, 0.25) is 10.0 Å². The molecular formula is C28H31N5O2S2. The standard InChI is InChI=1S/C28H31N5O2S2/c1-19-9-10-25-21(15-19)17-22(33(25)37(4,34)35)18-32-26-8-6-5-7-24(26)29-27(23-16-20(2)36-28(23)32)31-13-11-30(3)12-14-31/h5-10,15-17H,11-14,18H2,1-4H3. The summed E-state index contributed by atoms with van der Waals surface area (Å²) in [5.41, 5.74) is 5.54. The van der Waals surface area contributed by atoms with Crippen LogP contribution in [0.1, 0.15) is 21.7 Å². The molecule has 1 saturated heterocycles. The highest BCUT2D eigenvalue weighted by Gasteiger charge is 2.30. The summed E-state index contributed by atoms with van der Waals surface area (Å²) in [6.45, 7) is 8.41. The fraction of sp³-hybridized carbons (Fsp3) is 0.321. The van der Waals surface area contributed by atoms with Gasteiger partial charge in [-0.3, -0.25) is 0 Å². The molecule has 2 aliphatic rings. The van der Waals surface area contributed by atoms with Crippen LogP contribution in [0.5, 0.6) is 0 Å². The van der Waals surface area contributed by atoms with Crippen LogP contribution in [0.2, 0.25) is 0 Å². The molecule has 4 aromatic rings. The highest BCUT2D eigenvalue weighted by molar-refractivity contribution is 7.89. The molecule has 0 N–H and O–H groups in total. The fourth-order valence-electron chi connectivity index (χ4n) is 5.38. The Hall–Kier alpha value is -3.14. The summed E-state index contributed by atoms with van der Waals surface area (Å²) in [5, 5.41) is 2.03. The van der Waals surface area contributed by atoms with Gasteiger partial charge in [-0.2, -0.15) is 0 Å². The van der Waals surface area contributed by atoms with Crippen LogP contribution in [0.3, 0.4) is 0 Å². The molecule has 0 bridgehead atoms. The van der Waals surface area contributed by atoms with Crippen LogP contribution in [-0.4, -0.2) is 67.5 Å². The van der Waals surface area contributed by atoms with Crippen LogP contribution in [0.4, 0.5) is 16.4 Å². The van der Waals surface area contributed by atoms with Gasteiger partial charge in [-0.25, -0.2) is 17.4 Å². The van der Waals surface area contributed by atoms with Gasteiger partial charge in [-0.1, -0.05) is 23.8 Å². The van der Waals surface area contributed by atoms with Gasteiger partial charge in [0.1, 0.15) is 10.8 Å². The smallest absolute Gasteiger partial charge is 0.236 e.